The lowest BCUT2D eigenvalue weighted by molar-refractivity contribution is -0.138. The van der Waals surface area contributed by atoms with E-state index in [1.54, 1.807) is 53.2 Å². The number of hydrogen-bond acceptors (Lipinski definition) is 3. The molecule has 0 aliphatic carbocycles. The van der Waals surface area contributed by atoms with E-state index in [0.29, 0.717) is 46.7 Å². The lowest BCUT2D eigenvalue weighted by Crippen LogP contribution is -2.33. The van der Waals surface area contributed by atoms with Crippen LogP contribution in [0, 0.1) is 17.1 Å². The fraction of sp³-hybridized carbons (Fsp3) is 0.214. The van der Waals surface area contributed by atoms with Gasteiger partial charge in [0.15, 0.2) is 0 Å². The minimum atomic E-state index is -4.71. The molecule has 0 unspecified atom stereocenters. The summed E-state index contributed by atoms with van der Waals surface area (Å²) in [5, 5.41) is 9.81. The first-order valence-corrected chi connectivity index (χ1v) is 11.6. The molecule has 1 amide bonds. The Bertz CT molecular complexity index is 1480. The number of amides is 1. The third-order valence-electron chi connectivity index (χ3n) is 6.15. The number of aromatic nitrogens is 1. The molecule has 0 atom stereocenters. The first-order chi connectivity index (χ1) is 17.7. The van der Waals surface area contributed by atoms with Crippen molar-refractivity contribution in [2.45, 2.75) is 26.6 Å². The van der Waals surface area contributed by atoms with Gasteiger partial charge in [-0.05, 0) is 67.4 Å². The molecular weight excluding hydrogens is 486 g/mol. The van der Waals surface area contributed by atoms with Crippen LogP contribution in [0.3, 0.4) is 0 Å². The predicted molar refractivity (Wildman–Crippen MR) is 132 cm³/mol. The Morgan fingerprint density at radius 1 is 1.03 bits per heavy atom. The topological polar surface area (TPSA) is 58.3 Å². The number of carbonyl (C=O) groups is 1. The number of ether oxygens (including phenoxy) is 1. The Hall–Kier alpha value is -4.32. The van der Waals surface area contributed by atoms with Crippen molar-refractivity contribution in [1.82, 2.24) is 9.47 Å². The van der Waals surface area contributed by atoms with Crippen LogP contribution in [0.15, 0.2) is 66.9 Å². The van der Waals surface area contributed by atoms with Gasteiger partial charge >= 0.3 is 12.3 Å². The Kier molecular flexibility index (Phi) is 7.21. The van der Waals surface area contributed by atoms with Gasteiger partial charge in [0.25, 0.3) is 0 Å². The molecule has 37 heavy (non-hydrogen) atoms. The van der Waals surface area contributed by atoms with Gasteiger partial charge in [0, 0.05) is 42.3 Å². The van der Waals surface area contributed by atoms with Crippen LogP contribution >= 0.6 is 0 Å². The highest BCUT2D eigenvalue weighted by Crippen LogP contribution is 2.39. The summed E-state index contributed by atoms with van der Waals surface area (Å²) in [6, 6.07) is 16.4. The summed E-state index contributed by atoms with van der Waals surface area (Å²) < 4.78 is 61.6. The maximum Gasteiger partial charge on any atom is 0.416 e. The number of nitrogens with zero attached hydrogens (tertiary/aromatic N) is 3. The molecule has 0 bridgehead atoms. The minimum Gasteiger partial charge on any atom is -0.410 e. The number of rotatable bonds is 6. The number of halogens is 4. The molecule has 0 aliphatic rings. The number of fused-ring (bicyclic) bond motifs is 1. The summed E-state index contributed by atoms with van der Waals surface area (Å²) >= 11 is 0. The van der Waals surface area contributed by atoms with Crippen molar-refractivity contribution in [2.75, 3.05) is 13.1 Å². The van der Waals surface area contributed by atoms with Gasteiger partial charge in [0.2, 0.25) is 0 Å². The molecule has 4 aromatic rings. The monoisotopic (exact) mass is 509 g/mol. The van der Waals surface area contributed by atoms with Crippen molar-refractivity contribution in [3.05, 3.63) is 89.4 Å². The first-order valence-electron chi connectivity index (χ1n) is 11.6. The summed E-state index contributed by atoms with van der Waals surface area (Å²) in [4.78, 5) is 14.2. The standard InChI is InChI=1S/C28H23F4N3O2/c1-3-34(4-2)27(36)37-25-12-11-24-22(26(25)19-7-5-18(16-33)6-8-19)13-14-35(24)17-20-9-10-21(29)15-23(20)28(30,31)32/h5-15H,3-4,17H2,1-2H3. The van der Waals surface area contributed by atoms with Crippen LogP contribution in [0.2, 0.25) is 0 Å². The van der Waals surface area contributed by atoms with E-state index in [1.807, 2.05) is 13.8 Å². The van der Waals surface area contributed by atoms with E-state index >= 15 is 0 Å². The third-order valence-corrected chi connectivity index (χ3v) is 6.15. The summed E-state index contributed by atoms with van der Waals surface area (Å²) in [6.45, 7) is 4.43. The van der Waals surface area contributed by atoms with Crippen LogP contribution < -0.4 is 4.74 Å². The van der Waals surface area contributed by atoms with Crippen molar-refractivity contribution >= 4 is 17.0 Å². The lowest BCUT2D eigenvalue weighted by Gasteiger charge is -2.20. The normalized spacial score (nSPS) is 11.4. The molecule has 4 rings (SSSR count). The van der Waals surface area contributed by atoms with E-state index < -0.39 is 23.7 Å². The van der Waals surface area contributed by atoms with Gasteiger partial charge in [-0.3, -0.25) is 0 Å². The summed E-state index contributed by atoms with van der Waals surface area (Å²) in [7, 11) is 0. The Balaban J connectivity index is 1.84. The van der Waals surface area contributed by atoms with E-state index in [2.05, 4.69) is 6.07 Å². The number of benzene rings is 3. The SMILES string of the molecule is CCN(CC)C(=O)Oc1ccc2c(ccn2Cc2ccc(F)cc2C(F)(F)F)c1-c1ccc(C#N)cc1. The zero-order chi connectivity index (χ0) is 26.7. The van der Waals surface area contributed by atoms with E-state index in [9.17, 15) is 22.4 Å². The van der Waals surface area contributed by atoms with Crippen molar-refractivity contribution in [2.24, 2.45) is 0 Å². The Morgan fingerprint density at radius 2 is 1.73 bits per heavy atom. The predicted octanol–water partition coefficient (Wildman–Crippen LogP) is 7.23. The number of nitriles is 1. The fourth-order valence-corrected chi connectivity index (χ4v) is 4.26. The highest BCUT2D eigenvalue weighted by molar-refractivity contribution is 5.99. The Labute approximate surface area is 211 Å². The number of alkyl halides is 3. The fourth-order valence-electron chi connectivity index (χ4n) is 4.26. The molecule has 0 N–H and O–H groups in total. The summed E-state index contributed by atoms with van der Waals surface area (Å²) in [5.41, 5.74) is 1.17. The highest BCUT2D eigenvalue weighted by Gasteiger charge is 2.34. The second-order valence-corrected chi connectivity index (χ2v) is 8.34. The third kappa shape index (κ3) is 5.28. The van der Waals surface area contributed by atoms with Gasteiger partial charge in [0.1, 0.15) is 11.6 Å². The number of carbonyl (C=O) groups excluding carboxylic acids is 1. The molecule has 0 radical (unpaired) electrons. The second kappa shape index (κ2) is 10.3. The largest absolute Gasteiger partial charge is 0.416 e. The maximum absolute atomic E-state index is 13.6. The van der Waals surface area contributed by atoms with Crippen LogP contribution in [0.5, 0.6) is 5.75 Å². The quantitative estimate of drug-likeness (QED) is 0.258. The van der Waals surface area contributed by atoms with Gasteiger partial charge in [-0.1, -0.05) is 18.2 Å². The molecule has 0 saturated carbocycles. The molecule has 0 fully saturated rings. The molecule has 1 aromatic heterocycles. The van der Waals surface area contributed by atoms with Gasteiger partial charge in [0.05, 0.1) is 17.2 Å². The molecule has 190 valence electrons. The number of hydrogen-bond donors (Lipinski definition) is 0. The van der Waals surface area contributed by atoms with Crippen LogP contribution in [0.4, 0.5) is 22.4 Å². The summed E-state index contributed by atoms with van der Waals surface area (Å²) in [5.74, 6) is -0.680. The van der Waals surface area contributed by atoms with Crippen molar-refractivity contribution in [3.63, 3.8) is 0 Å². The van der Waals surface area contributed by atoms with Gasteiger partial charge in [-0.2, -0.15) is 18.4 Å². The molecule has 0 aliphatic heterocycles. The maximum atomic E-state index is 13.6. The zero-order valence-electron chi connectivity index (χ0n) is 20.1. The van der Waals surface area contributed by atoms with E-state index in [1.165, 1.54) is 4.90 Å². The summed E-state index contributed by atoms with van der Waals surface area (Å²) in [6.07, 6.45) is -3.60. The Morgan fingerprint density at radius 3 is 2.35 bits per heavy atom. The second-order valence-electron chi connectivity index (χ2n) is 8.34. The molecule has 0 saturated heterocycles. The van der Waals surface area contributed by atoms with Crippen molar-refractivity contribution in [1.29, 1.82) is 5.26 Å². The molecule has 0 spiro atoms. The average Bonchev–Trinajstić information content (AvgIpc) is 3.27. The van der Waals surface area contributed by atoms with E-state index in [-0.39, 0.29) is 17.9 Å². The smallest absolute Gasteiger partial charge is 0.410 e. The average molecular weight is 510 g/mol. The van der Waals surface area contributed by atoms with Crippen LogP contribution in [0.1, 0.15) is 30.5 Å². The van der Waals surface area contributed by atoms with Crippen molar-refractivity contribution < 1.29 is 27.1 Å². The molecular formula is C28H23F4N3O2. The van der Waals surface area contributed by atoms with Gasteiger partial charge in [-0.15, -0.1) is 0 Å². The highest BCUT2D eigenvalue weighted by atomic mass is 19.4. The zero-order valence-corrected chi connectivity index (χ0v) is 20.1. The molecule has 9 heteroatoms. The van der Waals surface area contributed by atoms with Crippen LogP contribution in [0.25, 0.3) is 22.0 Å². The lowest BCUT2D eigenvalue weighted by atomic mass is 9.99. The van der Waals surface area contributed by atoms with Crippen LogP contribution in [-0.4, -0.2) is 28.6 Å². The van der Waals surface area contributed by atoms with Crippen molar-refractivity contribution in [3.8, 4) is 22.9 Å². The molecule has 5 nitrogen and oxygen atoms in total. The van der Waals surface area contributed by atoms with E-state index in [0.717, 1.165) is 12.1 Å². The van der Waals surface area contributed by atoms with E-state index in [4.69, 9.17) is 10.00 Å². The molecule has 3 aromatic carbocycles. The van der Waals surface area contributed by atoms with Gasteiger partial charge < -0.3 is 14.2 Å². The van der Waals surface area contributed by atoms with Crippen LogP contribution in [-0.2, 0) is 12.7 Å². The minimum absolute atomic E-state index is 0.0802. The van der Waals surface area contributed by atoms with Gasteiger partial charge in [-0.25, -0.2) is 9.18 Å². The molecule has 1 heterocycles. The first kappa shape index (κ1) is 25.8.